The molecule has 0 atom stereocenters. The zero-order valence-corrected chi connectivity index (χ0v) is 24.6. The van der Waals surface area contributed by atoms with E-state index >= 15 is 0 Å². The first kappa shape index (κ1) is 45.7. The summed E-state index contributed by atoms with van der Waals surface area (Å²) in [5.74, 6) is 0. The lowest BCUT2D eigenvalue weighted by Gasteiger charge is -2.21. The zero-order chi connectivity index (χ0) is 25.6. The summed E-state index contributed by atoms with van der Waals surface area (Å²) in [5, 5.41) is 0. The molecule has 5 heterocycles. The minimum Gasteiger partial charge on any atom is -0.379 e. The molecular formula is C33H79N5O. The van der Waals surface area contributed by atoms with Crippen molar-refractivity contribution < 1.29 is 4.74 Å². The van der Waals surface area contributed by atoms with Crippen LogP contribution in [0.25, 0.3) is 0 Å². The first-order chi connectivity index (χ1) is 17.0. The molecule has 0 aromatic heterocycles. The van der Waals surface area contributed by atoms with Crippen molar-refractivity contribution in [1.29, 1.82) is 0 Å². The maximum Gasteiger partial charge on any atom is 0.0594 e. The number of likely N-dealkylation sites (tertiary alicyclic amines) is 4. The number of hydrogen-bond donors (Lipinski definition) is 0. The highest BCUT2D eigenvalue weighted by atomic mass is 16.5. The van der Waals surface area contributed by atoms with Crippen molar-refractivity contribution in [3.8, 4) is 0 Å². The lowest BCUT2D eigenvalue weighted by Crippen LogP contribution is -2.32. The van der Waals surface area contributed by atoms with Crippen LogP contribution >= 0.6 is 0 Å². The first-order valence-corrected chi connectivity index (χ1v) is 15.0. The maximum atomic E-state index is 5.10. The van der Waals surface area contributed by atoms with Gasteiger partial charge in [-0.2, -0.15) is 0 Å². The topological polar surface area (TPSA) is 25.4 Å². The van der Waals surface area contributed by atoms with Crippen LogP contribution in [0.2, 0.25) is 0 Å². The van der Waals surface area contributed by atoms with Crippen molar-refractivity contribution in [3.05, 3.63) is 0 Å². The monoisotopic (exact) mass is 562 g/mol. The molecule has 5 saturated heterocycles. The predicted molar refractivity (Wildman–Crippen MR) is 181 cm³/mol. The molecule has 0 amide bonds. The average molecular weight is 562 g/mol. The molecule has 39 heavy (non-hydrogen) atoms. The van der Waals surface area contributed by atoms with Gasteiger partial charge in [-0.25, -0.2) is 0 Å². The number of likely N-dealkylation sites (N-methyl/N-ethyl adjacent to an activating group) is 1. The predicted octanol–water partition coefficient (Wildman–Crippen LogP) is 6.90. The minimum absolute atomic E-state index is 0. The molecule has 5 aliphatic rings. The van der Waals surface area contributed by atoms with E-state index in [1.165, 1.54) is 129 Å². The molecule has 242 valence electrons. The lowest BCUT2D eigenvalue weighted by molar-refractivity contribution is 0.0503. The van der Waals surface area contributed by atoms with Crippen molar-refractivity contribution in [2.45, 2.75) is 107 Å². The molecule has 5 fully saturated rings. The molecule has 6 nitrogen and oxygen atoms in total. The highest BCUT2D eigenvalue weighted by molar-refractivity contribution is 4.60. The Morgan fingerprint density at radius 1 is 0.282 bits per heavy atom. The van der Waals surface area contributed by atoms with Crippen LogP contribution < -0.4 is 0 Å². The summed E-state index contributed by atoms with van der Waals surface area (Å²) in [7, 11) is 10.9. The van der Waals surface area contributed by atoms with E-state index < -0.39 is 0 Å². The van der Waals surface area contributed by atoms with Crippen LogP contribution in [0.5, 0.6) is 0 Å². The standard InChI is InChI=1S/C7H15N.2C6H13N.C5H11NO.C5H11N.4CH4/c1-8-6-4-2-3-5-7-8;2*1-7-5-3-2-4-6-7;1-6-2-4-7-5-3-6;1-6-4-2-3-5-6;;;;/h2-7H2,1H3;2*2-6H2,1H3;2-5H2,1H3;2-5H2,1H3;4*1H4. The van der Waals surface area contributed by atoms with E-state index in [4.69, 9.17) is 4.74 Å². The summed E-state index contributed by atoms with van der Waals surface area (Å²) in [5.41, 5.74) is 0. The second-order valence-corrected chi connectivity index (χ2v) is 11.4. The summed E-state index contributed by atoms with van der Waals surface area (Å²) in [6, 6.07) is 0. The Balaban J connectivity index is -0.000000192. The number of piperidine rings is 2. The number of ether oxygens (including phenoxy) is 1. The van der Waals surface area contributed by atoms with Gasteiger partial charge in [-0.1, -0.05) is 55.4 Å². The second-order valence-electron chi connectivity index (χ2n) is 11.4. The molecule has 0 bridgehead atoms. The normalized spacial score (nSPS) is 22.7. The average Bonchev–Trinajstić information content (AvgIpc) is 3.22. The minimum atomic E-state index is 0. The van der Waals surface area contributed by atoms with Gasteiger partial charge >= 0.3 is 0 Å². The van der Waals surface area contributed by atoms with Gasteiger partial charge in [-0.3, -0.25) is 0 Å². The SMILES string of the molecule is C.C.C.C.CN1CCCC1.CN1CCCCC1.CN1CCCCC1.CN1CCCCCC1.CN1CCOCC1. The molecule has 0 radical (unpaired) electrons. The summed E-state index contributed by atoms with van der Waals surface area (Å²) in [6.07, 6.45) is 17.1. The molecule has 0 unspecified atom stereocenters. The number of rotatable bonds is 0. The molecule has 6 heteroatoms. The van der Waals surface area contributed by atoms with Crippen LogP contribution in [0.1, 0.15) is 107 Å². The third-order valence-electron chi connectivity index (χ3n) is 7.55. The summed E-state index contributed by atoms with van der Waals surface area (Å²) < 4.78 is 5.10. The van der Waals surface area contributed by atoms with Crippen molar-refractivity contribution >= 4 is 0 Å². The quantitative estimate of drug-likeness (QED) is 0.319. The summed E-state index contributed by atoms with van der Waals surface area (Å²) >= 11 is 0. The third-order valence-corrected chi connectivity index (χ3v) is 7.55. The van der Waals surface area contributed by atoms with E-state index in [1.54, 1.807) is 0 Å². The van der Waals surface area contributed by atoms with Crippen molar-refractivity contribution in [1.82, 2.24) is 24.5 Å². The molecule has 5 aliphatic heterocycles. The van der Waals surface area contributed by atoms with E-state index in [-0.39, 0.29) is 29.7 Å². The number of morpholine rings is 1. The largest absolute Gasteiger partial charge is 0.379 e. The summed E-state index contributed by atoms with van der Waals surface area (Å²) in [6.45, 7) is 14.6. The molecular weight excluding hydrogens is 482 g/mol. The van der Waals surface area contributed by atoms with Gasteiger partial charge < -0.3 is 29.2 Å². The Kier molecular flexibility index (Phi) is 37.9. The fourth-order valence-electron chi connectivity index (χ4n) is 4.86. The molecule has 0 spiro atoms. The highest BCUT2D eigenvalue weighted by Gasteiger charge is 2.05. The van der Waals surface area contributed by atoms with Crippen molar-refractivity contribution in [3.63, 3.8) is 0 Å². The first-order valence-electron chi connectivity index (χ1n) is 15.0. The van der Waals surface area contributed by atoms with E-state index in [0.29, 0.717) is 0 Å². The Bertz CT molecular complexity index is 384. The Morgan fingerprint density at radius 3 is 0.641 bits per heavy atom. The van der Waals surface area contributed by atoms with E-state index in [2.05, 4.69) is 59.7 Å². The Labute approximate surface area is 249 Å². The molecule has 0 aromatic carbocycles. The van der Waals surface area contributed by atoms with Crippen LogP contribution in [0.4, 0.5) is 0 Å². The van der Waals surface area contributed by atoms with E-state index in [1.807, 2.05) is 0 Å². The maximum absolute atomic E-state index is 5.10. The van der Waals surface area contributed by atoms with Crippen LogP contribution in [-0.2, 0) is 4.74 Å². The molecule has 0 saturated carbocycles. The Hall–Kier alpha value is -0.240. The molecule has 0 aliphatic carbocycles. The van der Waals surface area contributed by atoms with Gasteiger partial charge in [-0.15, -0.1) is 0 Å². The van der Waals surface area contributed by atoms with E-state index in [0.717, 1.165) is 26.3 Å². The number of nitrogens with zero attached hydrogens (tertiary/aromatic N) is 5. The molecule has 0 aromatic rings. The molecule has 0 N–H and O–H groups in total. The number of hydrogen-bond acceptors (Lipinski definition) is 6. The fraction of sp³-hybridized carbons (Fsp3) is 1.00. The summed E-state index contributed by atoms with van der Waals surface area (Å²) in [4.78, 5) is 11.8. The van der Waals surface area contributed by atoms with Crippen LogP contribution in [0.15, 0.2) is 0 Å². The van der Waals surface area contributed by atoms with Gasteiger partial charge in [0.25, 0.3) is 0 Å². The van der Waals surface area contributed by atoms with Crippen LogP contribution in [0, 0.1) is 0 Å². The van der Waals surface area contributed by atoms with Gasteiger partial charge in [-0.05, 0) is 139 Å². The molecule has 5 rings (SSSR count). The van der Waals surface area contributed by atoms with Gasteiger partial charge in [0.05, 0.1) is 13.2 Å². The Morgan fingerprint density at radius 2 is 0.462 bits per heavy atom. The second kappa shape index (κ2) is 32.3. The highest BCUT2D eigenvalue weighted by Crippen LogP contribution is 2.07. The fourth-order valence-corrected chi connectivity index (χ4v) is 4.86. The van der Waals surface area contributed by atoms with Gasteiger partial charge in [0.15, 0.2) is 0 Å². The van der Waals surface area contributed by atoms with Gasteiger partial charge in [0, 0.05) is 13.1 Å². The van der Waals surface area contributed by atoms with E-state index in [9.17, 15) is 0 Å². The van der Waals surface area contributed by atoms with Crippen molar-refractivity contribution in [2.24, 2.45) is 0 Å². The smallest absolute Gasteiger partial charge is 0.0594 e. The van der Waals surface area contributed by atoms with Gasteiger partial charge in [0.1, 0.15) is 0 Å². The third kappa shape index (κ3) is 30.5. The van der Waals surface area contributed by atoms with Crippen LogP contribution in [-0.4, -0.2) is 138 Å². The zero-order valence-electron chi connectivity index (χ0n) is 24.6. The lowest BCUT2D eigenvalue weighted by atomic mass is 10.1. The van der Waals surface area contributed by atoms with Gasteiger partial charge in [0.2, 0.25) is 0 Å². The van der Waals surface area contributed by atoms with Crippen molar-refractivity contribution in [2.75, 3.05) is 114 Å². The van der Waals surface area contributed by atoms with Crippen LogP contribution in [0.3, 0.4) is 0 Å².